The first-order chi connectivity index (χ1) is 16.1. The zero-order chi connectivity index (χ0) is 24.6. The molecular formula is C21H15ClF3N5O3S. The van der Waals surface area contributed by atoms with Gasteiger partial charge in [0.2, 0.25) is 0 Å². The number of primary amides is 1. The lowest BCUT2D eigenvalue weighted by atomic mass is 10.1. The van der Waals surface area contributed by atoms with E-state index in [-0.39, 0.29) is 38.8 Å². The molecule has 0 spiro atoms. The molecule has 3 N–H and O–H groups in total. The van der Waals surface area contributed by atoms with Gasteiger partial charge in [0.1, 0.15) is 26.8 Å². The largest absolute Gasteiger partial charge is 0.470 e. The van der Waals surface area contributed by atoms with Crippen LogP contribution in [0.15, 0.2) is 42.6 Å². The molecule has 0 saturated heterocycles. The van der Waals surface area contributed by atoms with E-state index >= 15 is 0 Å². The van der Waals surface area contributed by atoms with Crippen molar-refractivity contribution in [3.8, 4) is 5.75 Å². The van der Waals surface area contributed by atoms with E-state index in [0.29, 0.717) is 22.1 Å². The fourth-order valence-corrected chi connectivity index (χ4v) is 4.47. The van der Waals surface area contributed by atoms with E-state index in [9.17, 15) is 22.8 Å². The first-order valence-corrected chi connectivity index (χ1v) is 10.8. The molecule has 4 rings (SSSR count). The van der Waals surface area contributed by atoms with Crippen molar-refractivity contribution < 1.29 is 27.5 Å². The predicted molar refractivity (Wildman–Crippen MR) is 120 cm³/mol. The van der Waals surface area contributed by atoms with E-state index < -0.39 is 23.7 Å². The normalized spacial score (nSPS) is 11.6. The van der Waals surface area contributed by atoms with Crippen LogP contribution in [0.4, 0.5) is 18.9 Å². The highest BCUT2D eigenvalue weighted by Crippen LogP contribution is 2.39. The van der Waals surface area contributed by atoms with Crippen molar-refractivity contribution >= 4 is 50.7 Å². The SMILES string of the molecule is Cc1cc(C(F)(F)F)nc2sc(C(N)=O)c(NC(=O)c3ccnn3COc3ccccc3Cl)c12. The molecule has 0 radical (unpaired) electrons. The van der Waals surface area contributed by atoms with Crippen molar-refractivity contribution in [2.24, 2.45) is 5.73 Å². The number of nitrogens with two attached hydrogens (primary N) is 1. The number of para-hydroxylation sites is 1. The lowest BCUT2D eigenvalue weighted by Gasteiger charge is -2.12. The van der Waals surface area contributed by atoms with Crippen molar-refractivity contribution in [3.63, 3.8) is 0 Å². The van der Waals surface area contributed by atoms with E-state index in [0.717, 1.165) is 6.07 Å². The molecule has 3 heterocycles. The van der Waals surface area contributed by atoms with Crippen molar-refractivity contribution in [3.05, 3.63) is 69.4 Å². The maximum absolute atomic E-state index is 13.2. The Morgan fingerprint density at radius 2 is 2.00 bits per heavy atom. The van der Waals surface area contributed by atoms with Crippen LogP contribution in [0.2, 0.25) is 5.02 Å². The Balaban J connectivity index is 1.66. The first-order valence-electron chi connectivity index (χ1n) is 9.58. The minimum Gasteiger partial charge on any atom is -0.470 e. The van der Waals surface area contributed by atoms with Gasteiger partial charge in [-0.3, -0.25) is 9.59 Å². The van der Waals surface area contributed by atoms with Crippen LogP contribution in [-0.4, -0.2) is 26.6 Å². The molecule has 3 aromatic heterocycles. The standard InChI is InChI=1S/C21H15ClF3N5O3S/c1-10-8-14(21(23,24)25)28-20-15(10)16(17(34-20)18(26)31)29-19(32)12-6-7-27-30(12)9-33-13-5-3-2-4-11(13)22/h2-8H,9H2,1H3,(H2,26,31)(H,29,32). The minimum absolute atomic E-state index is 0.0176. The summed E-state index contributed by atoms with van der Waals surface area (Å²) >= 11 is 6.73. The number of nitrogens with zero attached hydrogens (tertiary/aromatic N) is 3. The molecule has 0 unspecified atom stereocenters. The number of rotatable bonds is 6. The molecule has 8 nitrogen and oxygen atoms in total. The Hall–Kier alpha value is -3.64. The van der Waals surface area contributed by atoms with E-state index in [2.05, 4.69) is 15.4 Å². The number of fused-ring (bicyclic) bond motifs is 1. The highest BCUT2D eigenvalue weighted by atomic mass is 35.5. The Morgan fingerprint density at radius 3 is 2.68 bits per heavy atom. The predicted octanol–water partition coefficient (Wildman–Crippen LogP) is 4.86. The topological polar surface area (TPSA) is 112 Å². The van der Waals surface area contributed by atoms with Crippen molar-refractivity contribution in [1.82, 2.24) is 14.8 Å². The summed E-state index contributed by atoms with van der Waals surface area (Å²) in [5, 5.41) is 7.19. The summed E-state index contributed by atoms with van der Waals surface area (Å²) in [6.45, 7) is 1.27. The second-order valence-electron chi connectivity index (χ2n) is 7.05. The second kappa shape index (κ2) is 8.95. The van der Waals surface area contributed by atoms with Gasteiger partial charge in [-0.15, -0.1) is 11.3 Å². The van der Waals surface area contributed by atoms with Crippen molar-refractivity contribution in [2.75, 3.05) is 5.32 Å². The summed E-state index contributed by atoms with van der Waals surface area (Å²) in [6, 6.07) is 9.01. The highest BCUT2D eigenvalue weighted by molar-refractivity contribution is 7.21. The molecule has 2 amide bonds. The molecule has 0 bridgehead atoms. The molecule has 0 atom stereocenters. The summed E-state index contributed by atoms with van der Waals surface area (Å²) < 4.78 is 46.4. The zero-order valence-electron chi connectivity index (χ0n) is 17.3. The van der Waals surface area contributed by atoms with Gasteiger partial charge in [-0.2, -0.15) is 18.3 Å². The van der Waals surface area contributed by atoms with Crippen LogP contribution in [0.25, 0.3) is 10.2 Å². The molecule has 0 fully saturated rings. The number of amides is 2. The summed E-state index contributed by atoms with van der Waals surface area (Å²) in [4.78, 5) is 28.4. The van der Waals surface area contributed by atoms with Crippen molar-refractivity contribution in [2.45, 2.75) is 19.8 Å². The van der Waals surface area contributed by atoms with Crippen LogP contribution >= 0.6 is 22.9 Å². The Morgan fingerprint density at radius 1 is 1.26 bits per heavy atom. The highest BCUT2D eigenvalue weighted by Gasteiger charge is 2.34. The number of aromatic nitrogens is 3. The van der Waals surface area contributed by atoms with E-state index in [4.69, 9.17) is 22.1 Å². The fourth-order valence-electron chi connectivity index (χ4n) is 3.22. The van der Waals surface area contributed by atoms with Gasteiger partial charge in [0.15, 0.2) is 6.73 Å². The summed E-state index contributed by atoms with van der Waals surface area (Å²) in [5.41, 5.74) is 4.54. The van der Waals surface area contributed by atoms with Crippen LogP contribution in [0.1, 0.15) is 31.4 Å². The first kappa shape index (κ1) is 23.5. The Kier molecular flexibility index (Phi) is 6.19. The summed E-state index contributed by atoms with van der Waals surface area (Å²) in [7, 11) is 0. The van der Waals surface area contributed by atoms with Crippen LogP contribution in [0.3, 0.4) is 0 Å². The smallest absolute Gasteiger partial charge is 0.433 e. The number of benzene rings is 1. The van der Waals surface area contributed by atoms with Crippen LogP contribution < -0.4 is 15.8 Å². The van der Waals surface area contributed by atoms with E-state index in [1.165, 1.54) is 23.9 Å². The number of nitrogens with one attached hydrogen (secondary N) is 1. The molecule has 4 aromatic rings. The summed E-state index contributed by atoms with van der Waals surface area (Å²) in [5.74, 6) is -1.21. The third kappa shape index (κ3) is 4.54. The number of pyridine rings is 1. The Bertz CT molecular complexity index is 1420. The monoisotopic (exact) mass is 509 g/mol. The fraction of sp³-hybridized carbons (Fsp3) is 0.143. The lowest BCUT2D eigenvalue weighted by molar-refractivity contribution is -0.141. The molecule has 0 aliphatic heterocycles. The lowest BCUT2D eigenvalue weighted by Crippen LogP contribution is -2.21. The molecule has 176 valence electrons. The van der Waals surface area contributed by atoms with Gasteiger partial charge in [-0.1, -0.05) is 23.7 Å². The van der Waals surface area contributed by atoms with Crippen LogP contribution in [0.5, 0.6) is 5.75 Å². The molecule has 34 heavy (non-hydrogen) atoms. The molecule has 0 saturated carbocycles. The maximum Gasteiger partial charge on any atom is 0.433 e. The number of anilines is 1. The van der Waals surface area contributed by atoms with Crippen LogP contribution in [0, 0.1) is 6.92 Å². The number of carbonyl (C=O) groups is 2. The molecule has 13 heteroatoms. The molecular weight excluding hydrogens is 495 g/mol. The van der Waals surface area contributed by atoms with Gasteiger partial charge in [-0.25, -0.2) is 9.67 Å². The van der Waals surface area contributed by atoms with Gasteiger partial charge >= 0.3 is 6.18 Å². The number of alkyl halides is 3. The number of ether oxygens (including phenoxy) is 1. The van der Waals surface area contributed by atoms with E-state index in [1.54, 1.807) is 24.3 Å². The number of halogens is 4. The third-order valence-corrected chi connectivity index (χ3v) is 6.15. The van der Waals surface area contributed by atoms with E-state index in [1.807, 2.05) is 0 Å². The quantitative estimate of drug-likeness (QED) is 0.385. The van der Waals surface area contributed by atoms with Gasteiger partial charge in [0, 0.05) is 11.6 Å². The number of carbonyl (C=O) groups excluding carboxylic acids is 2. The summed E-state index contributed by atoms with van der Waals surface area (Å²) in [6.07, 6.45) is -3.30. The van der Waals surface area contributed by atoms with Gasteiger partial charge < -0.3 is 15.8 Å². The maximum atomic E-state index is 13.2. The number of hydrogen-bond acceptors (Lipinski definition) is 6. The average molecular weight is 510 g/mol. The third-order valence-electron chi connectivity index (χ3n) is 4.74. The second-order valence-corrected chi connectivity index (χ2v) is 8.45. The molecule has 0 aliphatic carbocycles. The van der Waals surface area contributed by atoms with Gasteiger partial charge in [0.25, 0.3) is 11.8 Å². The number of hydrogen-bond donors (Lipinski definition) is 2. The molecule has 1 aromatic carbocycles. The van der Waals surface area contributed by atoms with Crippen LogP contribution in [-0.2, 0) is 12.9 Å². The average Bonchev–Trinajstić information content (AvgIpc) is 3.37. The zero-order valence-corrected chi connectivity index (χ0v) is 18.9. The molecule has 0 aliphatic rings. The van der Waals surface area contributed by atoms with Crippen molar-refractivity contribution in [1.29, 1.82) is 0 Å². The number of thiophene rings is 1. The minimum atomic E-state index is -4.67. The van der Waals surface area contributed by atoms with Gasteiger partial charge in [0.05, 0.1) is 10.7 Å². The van der Waals surface area contributed by atoms with Gasteiger partial charge in [-0.05, 0) is 36.8 Å². The number of aryl methyl sites for hydroxylation is 1. The Labute approximate surface area is 199 Å².